The average Bonchev–Trinajstić information content (AvgIpc) is 3.35. The maximum Gasteiger partial charge on any atom is 0.180 e. The van der Waals surface area contributed by atoms with E-state index >= 15 is 0 Å². The Morgan fingerprint density at radius 1 is 1.29 bits per heavy atom. The van der Waals surface area contributed by atoms with E-state index in [0.717, 1.165) is 39.9 Å². The summed E-state index contributed by atoms with van der Waals surface area (Å²) in [6.07, 6.45) is 7.55. The molecule has 28 heavy (non-hydrogen) atoms. The number of fused-ring (bicyclic) bond motifs is 1. The van der Waals surface area contributed by atoms with Crippen molar-refractivity contribution < 1.29 is 0 Å². The van der Waals surface area contributed by atoms with E-state index in [1.54, 1.807) is 18.0 Å². The number of aromatic nitrogens is 3. The van der Waals surface area contributed by atoms with Gasteiger partial charge in [0.25, 0.3) is 0 Å². The number of nitrogens with zero attached hydrogens (tertiary/aromatic N) is 3. The number of aryl methyl sites for hydroxylation is 1. The van der Waals surface area contributed by atoms with Crippen LogP contribution in [0, 0.1) is 6.92 Å². The van der Waals surface area contributed by atoms with Crippen LogP contribution >= 0.6 is 11.8 Å². The minimum absolute atomic E-state index is 0.730. The van der Waals surface area contributed by atoms with Crippen molar-refractivity contribution in [2.75, 3.05) is 11.9 Å². The van der Waals surface area contributed by atoms with Crippen LogP contribution in [0.3, 0.4) is 0 Å². The number of imidazole rings is 1. The first-order chi connectivity index (χ1) is 13.6. The van der Waals surface area contributed by atoms with Crippen molar-refractivity contribution in [1.82, 2.24) is 25.2 Å². The molecule has 4 rings (SSSR count). The largest absolute Gasteiger partial charge is 0.337 e. The monoisotopic (exact) mass is 394 g/mol. The smallest absolute Gasteiger partial charge is 0.180 e. The van der Waals surface area contributed by atoms with Gasteiger partial charge in [0.15, 0.2) is 11.5 Å². The Balaban J connectivity index is 0.00000109. The van der Waals surface area contributed by atoms with Gasteiger partial charge in [-0.25, -0.2) is 15.4 Å². The first-order valence-electron chi connectivity index (χ1n) is 9.33. The zero-order valence-electron chi connectivity index (χ0n) is 16.7. The summed E-state index contributed by atoms with van der Waals surface area (Å²) in [5.41, 5.74) is 11.3. The number of hydrogen-bond donors (Lipinski definition) is 3. The number of nitrogens with one attached hydrogen (secondary N) is 3. The van der Waals surface area contributed by atoms with Gasteiger partial charge >= 0.3 is 0 Å². The molecule has 0 atom stereocenters. The fourth-order valence-electron chi connectivity index (χ4n) is 2.86. The van der Waals surface area contributed by atoms with E-state index in [1.807, 2.05) is 43.8 Å². The first kappa shape index (κ1) is 20.0. The molecule has 3 aromatic rings. The lowest BCUT2D eigenvalue weighted by molar-refractivity contribution is 0.729. The second kappa shape index (κ2) is 8.95. The molecule has 0 amide bonds. The van der Waals surface area contributed by atoms with Gasteiger partial charge in [0, 0.05) is 41.3 Å². The van der Waals surface area contributed by atoms with Crippen molar-refractivity contribution in [3.63, 3.8) is 0 Å². The molecule has 1 aliphatic heterocycles. The predicted octanol–water partition coefficient (Wildman–Crippen LogP) is 4.88. The molecule has 7 heteroatoms. The molecule has 3 heterocycles. The van der Waals surface area contributed by atoms with Gasteiger partial charge in [-0.2, -0.15) is 0 Å². The highest BCUT2D eigenvalue weighted by atomic mass is 32.2. The molecule has 0 radical (unpaired) electrons. The SMILES string of the molecule is C=C(C)Sc1cc(Nc2nccn3c(C4=CNNC4)cnc23)ccc1C.CC. The van der Waals surface area contributed by atoms with Gasteiger partial charge in [0.2, 0.25) is 0 Å². The van der Waals surface area contributed by atoms with Crippen molar-refractivity contribution >= 4 is 34.5 Å². The molecule has 0 saturated heterocycles. The fourth-order valence-corrected chi connectivity index (χ4v) is 3.65. The summed E-state index contributed by atoms with van der Waals surface area (Å²) in [6, 6.07) is 6.28. The molecule has 0 unspecified atom stereocenters. The fraction of sp³-hybridized carbons (Fsp3) is 0.238. The zero-order valence-corrected chi connectivity index (χ0v) is 17.5. The van der Waals surface area contributed by atoms with E-state index < -0.39 is 0 Å². The third-order valence-corrected chi connectivity index (χ3v) is 5.13. The molecular weight excluding hydrogens is 368 g/mol. The lowest BCUT2D eigenvalue weighted by Crippen LogP contribution is -2.20. The number of hydrogen-bond acceptors (Lipinski definition) is 6. The summed E-state index contributed by atoms with van der Waals surface area (Å²) < 4.78 is 2.05. The van der Waals surface area contributed by atoms with Crippen molar-refractivity contribution in [3.05, 3.63) is 65.7 Å². The highest BCUT2D eigenvalue weighted by Crippen LogP contribution is 2.31. The van der Waals surface area contributed by atoms with Crippen LogP contribution in [0.4, 0.5) is 11.5 Å². The van der Waals surface area contributed by atoms with Gasteiger partial charge in [-0.15, -0.1) is 0 Å². The van der Waals surface area contributed by atoms with Gasteiger partial charge in [-0.1, -0.05) is 38.3 Å². The molecule has 0 saturated carbocycles. The molecule has 0 bridgehead atoms. The molecule has 1 aromatic carbocycles. The number of thioether (sulfide) groups is 1. The Hall–Kier alpha value is -2.77. The highest BCUT2D eigenvalue weighted by Gasteiger charge is 2.14. The summed E-state index contributed by atoms with van der Waals surface area (Å²) in [4.78, 5) is 11.3. The summed E-state index contributed by atoms with van der Waals surface area (Å²) in [5, 5.41) is 3.40. The van der Waals surface area contributed by atoms with Crippen LogP contribution in [0.1, 0.15) is 32.0 Å². The number of benzene rings is 1. The summed E-state index contributed by atoms with van der Waals surface area (Å²) in [6.45, 7) is 12.9. The molecule has 0 aliphatic carbocycles. The minimum Gasteiger partial charge on any atom is -0.337 e. The Labute approximate surface area is 170 Å². The van der Waals surface area contributed by atoms with Crippen LogP contribution in [0.2, 0.25) is 0 Å². The van der Waals surface area contributed by atoms with Gasteiger partial charge in [0.05, 0.1) is 11.9 Å². The quantitative estimate of drug-likeness (QED) is 0.536. The molecule has 146 valence electrons. The molecule has 1 aliphatic rings. The standard InChI is InChI=1S/C19H20N6S.C2H6/c1-12(2)26-17-8-15(5-4-13(17)3)24-18-19-21-11-16(14-9-22-23-10-14)25(19)7-6-20-18;1-2/h4-9,11,22-23H,1,10H2,2-3H3,(H,20,24);1-2H3. The van der Waals surface area contributed by atoms with Crippen LogP contribution in [-0.2, 0) is 0 Å². The Kier molecular flexibility index (Phi) is 6.38. The second-order valence-corrected chi connectivity index (χ2v) is 7.53. The molecular formula is C21H26N6S. The molecule has 0 fully saturated rings. The van der Waals surface area contributed by atoms with Crippen LogP contribution in [0.15, 0.2) is 59.4 Å². The summed E-state index contributed by atoms with van der Waals surface area (Å²) in [5.74, 6) is 0.730. The third-order valence-electron chi connectivity index (χ3n) is 4.12. The average molecular weight is 395 g/mol. The topological polar surface area (TPSA) is 66.3 Å². The number of rotatable bonds is 5. The highest BCUT2D eigenvalue weighted by molar-refractivity contribution is 8.03. The second-order valence-electron chi connectivity index (χ2n) is 6.19. The zero-order chi connectivity index (χ0) is 20.1. The van der Waals surface area contributed by atoms with Crippen LogP contribution in [0.5, 0.6) is 0 Å². The van der Waals surface area contributed by atoms with Crippen molar-refractivity contribution in [2.45, 2.75) is 32.6 Å². The molecule has 0 spiro atoms. The Bertz CT molecular complexity index is 1020. The molecule has 6 nitrogen and oxygen atoms in total. The normalized spacial score (nSPS) is 12.8. The molecule has 2 aromatic heterocycles. The number of anilines is 2. The van der Waals surface area contributed by atoms with E-state index in [-0.39, 0.29) is 0 Å². The number of hydrazine groups is 1. The number of allylic oxidation sites excluding steroid dienone is 1. The van der Waals surface area contributed by atoms with E-state index in [0.29, 0.717) is 0 Å². The summed E-state index contributed by atoms with van der Waals surface area (Å²) >= 11 is 1.68. The van der Waals surface area contributed by atoms with E-state index in [9.17, 15) is 0 Å². The van der Waals surface area contributed by atoms with Crippen molar-refractivity contribution in [2.24, 2.45) is 0 Å². The van der Waals surface area contributed by atoms with Gasteiger partial charge in [-0.3, -0.25) is 4.40 Å². The minimum atomic E-state index is 0.730. The Morgan fingerprint density at radius 2 is 2.11 bits per heavy atom. The van der Waals surface area contributed by atoms with Gasteiger partial charge < -0.3 is 10.7 Å². The van der Waals surface area contributed by atoms with Crippen LogP contribution < -0.4 is 16.2 Å². The third kappa shape index (κ3) is 4.21. The predicted molar refractivity (Wildman–Crippen MR) is 119 cm³/mol. The van der Waals surface area contributed by atoms with E-state index in [4.69, 9.17) is 0 Å². The maximum atomic E-state index is 4.57. The maximum absolute atomic E-state index is 4.57. The van der Waals surface area contributed by atoms with Crippen molar-refractivity contribution in [3.8, 4) is 0 Å². The Morgan fingerprint density at radius 3 is 2.82 bits per heavy atom. The van der Waals surface area contributed by atoms with Gasteiger partial charge in [0.1, 0.15) is 0 Å². The summed E-state index contributed by atoms with van der Waals surface area (Å²) in [7, 11) is 0. The lowest BCUT2D eigenvalue weighted by atomic mass is 10.2. The van der Waals surface area contributed by atoms with Crippen molar-refractivity contribution in [1.29, 1.82) is 0 Å². The molecule has 3 N–H and O–H groups in total. The van der Waals surface area contributed by atoms with E-state index in [1.165, 1.54) is 10.5 Å². The van der Waals surface area contributed by atoms with Gasteiger partial charge in [-0.05, 0) is 36.4 Å². The lowest BCUT2D eigenvalue weighted by Gasteiger charge is -2.11. The van der Waals surface area contributed by atoms with Crippen LogP contribution in [0.25, 0.3) is 11.2 Å². The van der Waals surface area contributed by atoms with E-state index in [2.05, 4.69) is 57.8 Å². The van der Waals surface area contributed by atoms with Crippen LogP contribution in [-0.4, -0.2) is 20.9 Å². The first-order valence-corrected chi connectivity index (χ1v) is 10.1.